The Morgan fingerprint density at radius 3 is 2.58 bits per heavy atom. The first kappa shape index (κ1) is 17.5. The van der Waals surface area contributed by atoms with Gasteiger partial charge >= 0.3 is 11.9 Å². The normalized spacial score (nSPS) is 26.4. The summed E-state index contributed by atoms with van der Waals surface area (Å²) in [4.78, 5) is 22.8. The summed E-state index contributed by atoms with van der Waals surface area (Å²) in [5.74, 6) is -3.04. The molecule has 0 saturated carbocycles. The van der Waals surface area contributed by atoms with Crippen molar-refractivity contribution in [1.82, 2.24) is 0 Å². The molecule has 0 spiro atoms. The zero-order valence-electron chi connectivity index (χ0n) is 12.4. The predicted molar refractivity (Wildman–Crippen MR) is 81.0 cm³/mol. The van der Waals surface area contributed by atoms with Crippen LogP contribution in [0.3, 0.4) is 0 Å². The molecule has 1 aromatic carbocycles. The standard InChI is InChI=1S/C16H16O8/c17-10-3-1-9(7-12(10)19)2-4-14(20)24-13-8-16(23,15(21)22)6-5-11(13)18/h1-7,11,13,17-19,23H,8H2,(H,21,22)/b4-2+. The predicted octanol–water partition coefficient (Wildman–Crippen LogP) is 0.159. The molecule has 1 aromatic rings. The number of aliphatic carboxylic acids is 1. The van der Waals surface area contributed by atoms with E-state index in [4.69, 9.17) is 9.84 Å². The lowest BCUT2D eigenvalue weighted by Gasteiger charge is -2.31. The van der Waals surface area contributed by atoms with Gasteiger partial charge in [-0.1, -0.05) is 12.1 Å². The Bertz CT molecular complexity index is 708. The maximum atomic E-state index is 11.8. The number of hydrogen-bond donors (Lipinski definition) is 5. The summed E-state index contributed by atoms with van der Waals surface area (Å²) in [6, 6.07) is 3.91. The van der Waals surface area contributed by atoms with Crippen molar-refractivity contribution in [2.45, 2.75) is 24.2 Å². The second-order valence-corrected chi connectivity index (χ2v) is 5.34. The highest BCUT2D eigenvalue weighted by atomic mass is 16.6. The van der Waals surface area contributed by atoms with Crippen LogP contribution in [0.2, 0.25) is 0 Å². The fraction of sp³-hybridized carbons (Fsp3) is 0.250. The maximum Gasteiger partial charge on any atom is 0.339 e. The SMILES string of the molecule is O=C(/C=C/c1ccc(O)c(O)c1)OC1CC(O)(C(=O)O)C=CC1O. The highest BCUT2D eigenvalue weighted by Crippen LogP contribution is 2.27. The Balaban J connectivity index is 2.03. The third-order valence-electron chi connectivity index (χ3n) is 3.51. The number of rotatable bonds is 4. The monoisotopic (exact) mass is 336 g/mol. The van der Waals surface area contributed by atoms with Crippen LogP contribution in [-0.2, 0) is 14.3 Å². The van der Waals surface area contributed by atoms with E-state index in [1.54, 1.807) is 0 Å². The Hall–Kier alpha value is -2.84. The Kier molecular flexibility index (Phi) is 4.91. The van der Waals surface area contributed by atoms with Crippen molar-refractivity contribution in [2.24, 2.45) is 0 Å². The van der Waals surface area contributed by atoms with E-state index >= 15 is 0 Å². The molecule has 3 atom stereocenters. The number of phenols is 2. The average Bonchev–Trinajstić information content (AvgIpc) is 2.52. The summed E-state index contributed by atoms with van der Waals surface area (Å²) in [5.41, 5.74) is -1.80. The molecule has 3 unspecified atom stereocenters. The molecule has 0 fully saturated rings. The number of ether oxygens (including phenoxy) is 1. The van der Waals surface area contributed by atoms with Gasteiger partial charge in [-0.3, -0.25) is 0 Å². The summed E-state index contributed by atoms with van der Waals surface area (Å²) in [5, 5.41) is 47.1. The van der Waals surface area contributed by atoms with Gasteiger partial charge in [0.1, 0.15) is 12.2 Å². The summed E-state index contributed by atoms with van der Waals surface area (Å²) in [7, 11) is 0. The van der Waals surface area contributed by atoms with Crippen molar-refractivity contribution >= 4 is 18.0 Å². The van der Waals surface area contributed by atoms with E-state index in [2.05, 4.69) is 0 Å². The number of benzene rings is 1. The largest absolute Gasteiger partial charge is 0.504 e. The zero-order chi connectivity index (χ0) is 17.9. The van der Waals surface area contributed by atoms with Crippen LogP contribution in [0, 0.1) is 0 Å². The van der Waals surface area contributed by atoms with Crippen molar-refractivity contribution in [3.63, 3.8) is 0 Å². The van der Waals surface area contributed by atoms with Crippen LogP contribution < -0.4 is 0 Å². The van der Waals surface area contributed by atoms with E-state index in [1.165, 1.54) is 24.3 Å². The number of carboxylic acids is 1. The lowest BCUT2D eigenvalue weighted by molar-refractivity contribution is -0.165. The van der Waals surface area contributed by atoms with Gasteiger partial charge < -0.3 is 30.3 Å². The number of aliphatic hydroxyl groups is 2. The molecular formula is C16H16O8. The molecule has 0 saturated heterocycles. The van der Waals surface area contributed by atoms with Crippen molar-refractivity contribution in [1.29, 1.82) is 0 Å². The molecule has 1 aliphatic carbocycles. The Morgan fingerprint density at radius 2 is 1.96 bits per heavy atom. The van der Waals surface area contributed by atoms with Gasteiger partial charge in [0.05, 0.1) is 0 Å². The first-order valence-electron chi connectivity index (χ1n) is 6.95. The zero-order valence-corrected chi connectivity index (χ0v) is 12.4. The fourth-order valence-corrected chi connectivity index (χ4v) is 2.14. The minimum atomic E-state index is -2.21. The molecule has 0 heterocycles. The molecule has 0 aromatic heterocycles. The first-order valence-corrected chi connectivity index (χ1v) is 6.95. The van der Waals surface area contributed by atoms with E-state index in [0.717, 1.165) is 18.2 Å². The van der Waals surface area contributed by atoms with Gasteiger partial charge in [-0.2, -0.15) is 0 Å². The molecule has 2 rings (SSSR count). The number of carbonyl (C=O) groups is 2. The second kappa shape index (κ2) is 6.73. The number of carboxylic acid groups (broad SMARTS) is 1. The fourth-order valence-electron chi connectivity index (χ4n) is 2.14. The molecule has 8 nitrogen and oxygen atoms in total. The highest BCUT2D eigenvalue weighted by molar-refractivity contribution is 5.87. The van der Waals surface area contributed by atoms with Gasteiger partial charge in [-0.05, 0) is 29.8 Å². The molecular weight excluding hydrogens is 320 g/mol. The molecule has 5 N–H and O–H groups in total. The lowest BCUT2D eigenvalue weighted by Crippen LogP contribution is -2.47. The second-order valence-electron chi connectivity index (χ2n) is 5.34. The number of aliphatic hydroxyl groups excluding tert-OH is 1. The molecule has 1 aliphatic rings. The Labute approximate surface area is 136 Å². The van der Waals surface area contributed by atoms with E-state index in [9.17, 15) is 30.0 Å². The van der Waals surface area contributed by atoms with Crippen LogP contribution in [0.4, 0.5) is 0 Å². The Morgan fingerprint density at radius 1 is 1.25 bits per heavy atom. The number of hydrogen-bond acceptors (Lipinski definition) is 7. The van der Waals surface area contributed by atoms with Gasteiger partial charge in [-0.15, -0.1) is 0 Å². The smallest absolute Gasteiger partial charge is 0.339 e. The van der Waals surface area contributed by atoms with Gasteiger partial charge in [0.2, 0.25) is 0 Å². The van der Waals surface area contributed by atoms with Crippen LogP contribution in [0.15, 0.2) is 36.4 Å². The number of esters is 1. The van der Waals surface area contributed by atoms with Crippen molar-refractivity contribution in [3.05, 3.63) is 42.0 Å². The van der Waals surface area contributed by atoms with E-state index in [0.29, 0.717) is 5.56 Å². The molecule has 0 aliphatic heterocycles. The molecule has 128 valence electrons. The molecule has 0 radical (unpaired) electrons. The van der Waals surface area contributed by atoms with E-state index in [1.807, 2.05) is 0 Å². The summed E-state index contributed by atoms with van der Waals surface area (Å²) >= 11 is 0. The third-order valence-corrected chi connectivity index (χ3v) is 3.51. The summed E-state index contributed by atoms with van der Waals surface area (Å²) in [6.45, 7) is 0. The third kappa shape index (κ3) is 3.92. The van der Waals surface area contributed by atoms with Crippen LogP contribution >= 0.6 is 0 Å². The summed E-state index contributed by atoms with van der Waals surface area (Å²) in [6.07, 6.45) is 1.37. The molecule has 0 amide bonds. The number of aromatic hydroxyl groups is 2. The lowest BCUT2D eigenvalue weighted by atomic mass is 9.87. The van der Waals surface area contributed by atoms with E-state index in [-0.39, 0.29) is 11.5 Å². The van der Waals surface area contributed by atoms with Gasteiger partial charge in [0, 0.05) is 12.5 Å². The van der Waals surface area contributed by atoms with Crippen LogP contribution in [0.25, 0.3) is 6.08 Å². The topological polar surface area (TPSA) is 145 Å². The van der Waals surface area contributed by atoms with E-state index < -0.39 is 36.2 Å². The van der Waals surface area contributed by atoms with Crippen molar-refractivity contribution < 1.29 is 39.9 Å². The number of carbonyl (C=O) groups excluding carboxylic acids is 1. The first-order chi connectivity index (χ1) is 11.2. The highest BCUT2D eigenvalue weighted by Gasteiger charge is 2.42. The van der Waals surface area contributed by atoms with Crippen molar-refractivity contribution in [2.75, 3.05) is 0 Å². The number of phenolic OH excluding ortho intramolecular Hbond substituents is 2. The van der Waals surface area contributed by atoms with Crippen LogP contribution in [0.1, 0.15) is 12.0 Å². The van der Waals surface area contributed by atoms with Crippen LogP contribution in [-0.4, -0.2) is 55.3 Å². The minimum absolute atomic E-state index is 0.306. The molecule has 24 heavy (non-hydrogen) atoms. The quantitative estimate of drug-likeness (QED) is 0.226. The van der Waals surface area contributed by atoms with Gasteiger partial charge in [-0.25, -0.2) is 9.59 Å². The van der Waals surface area contributed by atoms with Crippen molar-refractivity contribution in [3.8, 4) is 11.5 Å². The molecule has 0 bridgehead atoms. The molecule has 8 heteroatoms. The average molecular weight is 336 g/mol. The van der Waals surface area contributed by atoms with Crippen LogP contribution in [0.5, 0.6) is 11.5 Å². The van der Waals surface area contributed by atoms with Gasteiger partial charge in [0.25, 0.3) is 0 Å². The minimum Gasteiger partial charge on any atom is -0.504 e. The van der Waals surface area contributed by atoms with Gasteiger partial charge in [0.15, 0.2) is 17.1 Å². The summed E-state index contributed by atoms with van der Waals surface area (Å²) < 4.78 is 4.96. The maximum absolute atomic E-state index is 11.8.